The van der Waals surface area contributed by atoms with E-state index >= 15 is 0 Å². The van der Waals surface area contributed by atoms with Gasteiger partial charge in [-0.1, -0.05) is 11.6 Å². The highest BCUT2D eigenvalue weighted by molar-refractivity contribution is 5.75. The summed E-state index contributed by atoms with van der Waals surface area (Å²) >= 11 is 0. The van der Waals surface area contributed by atoms with Gasteiger partial charge < -0.3 is 4.52 Å². The zero-order chi connectivity index (χ0) is 9.97. The van der Waals surface area contributed by atoms with Crippen LogP contribution in [0.15, 0.2) is 10.7 Å². The van der Waals surface area contributed by atoms with E-state index in [1.165, 1.54) is 19.0 Å². The van der Waals surface area contributed by atoms with E-state index in [-0.39, 0.29) is 6.04 Å². The van der Waals surface area contributed by atoms with Gasteiger partial charge >= 0.3 is 0 Å². The molecule has 0 aliphatic carbocycles. The predicted molar refractivity (Wildman–Crippen MR) is 51.1 cm³/mol. The van der Waals surface area contributed by atoms with Crippen molar-refractivity contribution in [2.24, 2.45) is 0 Å². The summed E-state index contributed by atoms with van der Waals surface area (Å²) in [6, 6.07) is 0.228. The molecule has 0 radical (unpaired) electrons. The fraction of sp³-hybridized carbons (Fsp3) is 0.600. The number of aldehydes is 1. The first-order valence-electron chi connectivity index (χ1n) is 4.93. The highest BCUT2D eigenvalue weighted by atomic mass is 16.5. The minimum Gasteiger partial charge on any atom is -0.359 e. The van der Waals surface area contributed by atoms with Crippen LogP contribution in [0.2, 0.25) is 0 Å². The van der Waals surface area contributed by atoms with E-state index in [4.69, 9.17) is 4.52 Å². The lowest BCUT2D eigenvalue weighted by molar-refractivity contribution is 0.111. The zero-order valence-electron chi connectivity index (χ0n) is 8.27. The van der Waals surface area contributed by atoms with Crippen LogP contribution in [0, 0.1) is 0 Å². The number of carbonyl (C=O) groups excluding carboxylic acids is 1. The van der Waals surface area contributed by atoms with E-state index in [1.54, 1.807) is 0 Å². The average molecular weight is 194 g/mol. The van der Waals surface area contributed by atoms with Crippen molar-refractivity contribution < 1.29 is 9.32 Å². The Morgan fingerprint density at radius 1 is 1.64 bits per heavy atom. The average Bonchev–Trinajstić information content (AvgIpc) is 2.66. The number of piperidine rings is 1. The number of rotatable bonds is 2. The standard InChI is InChI=1S/C10H14N2O2/c1-12-5-3-2-4-9(12)10-8(7-13)6-11-14-10/h6-7,9H,2-5H2,1H3. The van der Waals surface area contributed by atoms with Crippen LogP contribution in [0.4, 0.5) is 0 Å². The third-order valence-corrected chi connectivity index (χ3v) is 2.83. The molecule has 0 bridgehead atoms. The third-order valence-electron chi connectivity index (χ3n) is 2.83. The lowest BCUT2D eigenvalue weighted by atomic mass is 9.99. The quantitative estimate of drug-likeness (QED) is 0.671. The Kier molecular flexibility index (Phi) is 2.63. The van der Waals surface area contributed by atoms with E-state index in [0.29, 0.717) is 5.56 Å². The molecule has 1 aromatic rings. The fourth-order valence-corrected chi connectivity index (χ4v) is 2.00. The topological polar surface area (TPSA) is 46.3 Å². The van der Waals surface area contributed by atoms with Crippen LogP contribution in [0.3, 0.4) is 0 Å². The second kappa shape index (κ2) is 3.92. The molecule has 0 N–H and O–H groups in total. The van der Waals surface area contributed by atoms with Crippen LogP contribution < -0.4 is 0 Å². The van der Waals surface area contributed by atoms with Gasteiger partial charge in [-0.15, -0.1) is 0 Å². The molecule has 0 aromatic carbocycles. The van der Waals surface area contributed by atoms with Gasteiger partial charge in [-0.2, -0.15) is 0 Å². The fourth-order valence-electron chi connectivity index (χ4n) is 2.00. The van der Waals surface area contributed by atoms with Gasteiger partial charge in [0.2, 0.25) is 0 Å². The molecule has 14 heavy (non-hydrogen) atoms. The second-order valence-electron chi connectivity index (χ2n) is 3.76. The minimum atomic E-state index is 0.228. The molecule has 1 unspecified atom stereocenters. The summed E-state index contributed by atoms with van der Waals surface area (Å²) in [4.78, 5) is 12.9. The normalized spacial score (nSPS) is 23.6. The molecule has 1 fully saturated rings. The smallest absolute Gasteiger partial charge is 0.164 e. The molecule has 1 saturated heterocycles. The number of nitrogens with zero attached hydrogens (tertiary/aromatic N) is 2. The molecule has 2 heterocycles. The molecule has 0 amide bonds. The predicted octanol–water partition coefficient (Wildman–Crippen LogP) is 1.64. The molecular formula is C10H14N2O2. The molecule has 4 heteroatoms. The Morgan fingerprint density at radius 3 is 3.21 bits per heavy atom. The number of aromatic nitrogens is 1. The maximum Gasteiger partial charge on any atom is 0.164 e. The van der Waals surface area contributed by atoms with Crippen molar-refractivity contribution in [1.29, 1.82) is 0 Å². The summed E-state index contributed by atoms with van der Waals surface area (Å²) in [5.74, 6) is 0.724. The summed E-state index contributed by atoms with van der Waals surface area (Å²) in [7, 11) is 2.06. The summed E-state index contributed by atoms with van der Waals surface area (Å²) in [6.45, 7) is 1.06. The summed E-state index contributed by atoms with van der Waals surface area (Å²) in [6.07, 6.45) is 5.76. The lowest BCUT2D eigenvalue weighted by Gasteiger charge is -2.30. The van der Waals surface area contributed by atoms with Crippen LogP contribution in [-0.2, 0) is 0 Å². The van der Waals surface area contributed by atoms with E-state index in [2.05, 4.69) is 17.1 Å². The Balaban J connectivity index is 2.24. The summed E-state index contributed by atoms with van der Waals surface area (Å²) in [5, 5.41) is 3.67. The highest BCUT2D eigenvalue weighted by Gasteiger charge is 2.26. The Labute approximate surface area is 82.9 Å². The molecule has 4 nitrogen and oxygen atoms in total. The van der Waals surface area contributed by atoms with Gasteiger partial charge in [-0.3, -0.25) is 9.69 Å². The van der Waals surface area contributed by atoms with Crippen molar-refractivity contribution in [3.05, 3.63) is 17.5 Å². The molecule has 1 aromatic heterocycles. The lowest BCUT2D eigenvalue weighted by Crippen LogP contribution is -2.29. The molecule has 1 aliphatic rings. The van der Waals surface area contributed by atoms with Gasteiger partial charge in [-0.25, -0.2) is 0 Å². The van der Waals surface area contributed by atoms with Gasteiger partial charge in [0.05, 0.1) is 17.8 Å². The van der Waals surface area contributed by atoms with Gasteiger partial charge in [0, 0.05) is 0 Å². The molecular weight excluding hydrogens is 180 g/mol. The van der Waals surface area contributed by atoms with Crippen LogP contribution in [0.5, 0.6) is 0 Å². The Bertz CT molecular complexity index is 322. The van der Waals surface area contributed by atoms with Crippen LogP contribution in [0.1, 0.15) is 41.4 Å². The second-order valence-corrected chi connectivity index (χ2v) is 3.76. The first kappa shape index (κ1) is 9.40. The Morgan fingerprint density at radius 2 is 2.50 bits per heavy atom. The molecule has 0 saturated carbocycles. The van der Waals surface area contributed by atoms with Crippen LogP contribution in [0.25, 0.3) is 0 Å². The zero-order valence-corrected chi connectivity index (χ0v) is 8.27. The molecule has 76 valence electrons. The largest absolute Gasteiger partial charge is 0.359 e. The van der Waals surface area contributed by atoms with E-state index in [1.807, 2.05) is 0 Å². The summed E-state index contributed by atoms with van der Waals surface area (Å²) < 4.78 is 5.14. The number of hydrogen-bond donors (Lipinski definition) is 0. The summed E-state index contributed by atoms with van der Waals surface area (Å²) in [5.41, 5.74) is 0.587. The Hall–Kier alpha value is -1.16. The SMILES string of the molecule is CN1CCCCC1c1oncc1C=O. The van der Waals surface area contributed by atoms with E-state index < -0.39 is 0 Å². The van der Waals surface area contributed by atoms with Gasteiger partial charge in [0.1, 0.15) is 0 Å². The molecule has 0 spiro atoms. The van der Waals surface area contributed by atoms with Gasteiger partial charge in [0.15, 0.2) is 12.0 Å². The van der Waals surface area contributed by atoms with Crippen molar-refractivity contribution in [3.63, 3.8) is 0 Å². The van der Waals surface area contributed by atoms with Crippen LogP contribution in [-0.4, -0.2) is 29.9 Å². The molecule has 2 rings (SSSR count). The van der Waals surface area contributed by atoms with Crippen molar-refractivity contribution in [2.45, 2.75) is 25.3 Å². The van der Waals surface area contributed by atoms with E-state index in [0.717, 1.165) is 25.0 Å². The van der Waals surface area contributed by atoms with Gasteiger partial charge in [-0.05, 0) is 26.4 Å². The van der Waals surface area contributed by atoms with Gasteiger partial charge in [0.25, 0.3) is 0 Å². The molecule has 1 aliphatic heterocycles. The van der Waals surface area contributed by atoms with Crippen molar-refractivity contribution in [1.82, 2.24) is 10.1 Å². The number of hydrogen-bond acceptors (Lipinski definition) is 4. The third kappa shape index (κ3) is 1.57. The number of carbonyl (C=O) groups is 1. The monoisotopic (exact) mass is 194 g/mol. The first-order valence-corrected chi connectivity index (χ1v) is 4.93. The molecule has 1 atom stereocenters. The van der Waals surface area contributed by atoms with Crippen molar-refractivity contribution in [3.8, 4) is 0 Å². The first-order chi connectivity index (χ1) is 6.83. The van der Waals surface area contributed by atoms with Crippen LogP contribution >= 0.6 is 0 Å². The van der Waals surface area contributed by atoms with E-state index in [9.17, 15) is 4.79 Å². The minimum absolute atomic E-state index is 0.228. The maximum atomic E-state index is 10.7. The highest BCUT2D eigenvalue weighted by Crippen LogP contribution is 2.30. The maximum absolute atomic E-state index is 10.7. The number of likely N-dealkylation sites (tertiary alicyclic amines) is 1. The van der Waals surface area contributed by atoms with Crippen molar-refractivity contribution in [2.75, 3.05) is 13.6 Å². The van der Waals surface area contributed by atoms with Crippen molar-refractivity contribution >= 4 is 6.29 Å².